The van der Waals surface area contributed by atoms with Crippen molar-refractivity contribution in [3.63, 3.8) is 0 Å². The first-order valence-electron chi connectivity index (χ1n) is 9.28. The molecule has 0 saturated carbocycles. The molecular weight excluding hydrogens is 346 g/mol. The van der Waals surface area contributed by atoms with Crippen molar-refractivity contribution in [2.45, 2.75) is 45.7 Å². The number of aromatic nitrogens is 1. The lowest BCUT2D eigenvalue weighted by Crippen LogP contribution is -2.46. The number of hydrogen-bond donors (Lipinski definition) is 3. The first-order chi connectivity index (χ1) is 12.8. The Morgan fingerprint density at radius 1 is 1.30 bits per heavy atom. The molecule has 1 aliphatic heterocycles. The van der Waals surface area contributed by atoms with E-state index in [1.807, 2.05) is 19.1 Å². The number of hydrogen-bond acceptors (Lipinski definition) is 5. The number of pyridine rings is 1. The third kappa shape index (κ3) is 5.50. The maximum absolute atomic E-state index is 13.0. The predicted molar refractivity (Wildman–Crippen MR) is 103 cm³/mol. The molecule has 8 heteroatoms. The van der Waals surface area contributed by atoms with E-state index >= 15 is 0 Å². The molecule has 0 fully saturated rings. The summed E-state index contributed by atoms with van der Waals surface area (Å²) >= 11 is 0. The van der Waals surface area contributed by atoms with E-state index in [4.69, 9.17) is 0 Å². The SMILES string of the molecule is CN[C@@H](C)C(=O)NC[C@@H](C)CC(=O)N1c2ncccc2CC1CNC(C)=O. The molecule has 0 radical (unpaired) electrons. The average molecular weight is 375 g/mol. The van der Waals surface area contributed by atoms with Crippen molar-refractivity contribution < 1.29 is 14.4 Å². The number of rotatable bonds is 8. The van der Waals surface area contributed by atoms with Crippen LogP contribution in [0.25, 0.3) is 0 Å². The lowest BCUT2D eigenvalue weighted by atomic mass is 10.1. The van der Waals surface area contributed by atoms with Crippen LogP contribution >= 0.6 is 0 Å². The van der Waals surface area contributed by atoms with Crippen LogP contribution in [0.3, 0.4) is 0 Å². The number of nitrogens with zero attached hydrogens (tertiary/aromatic N) is 2. The molecule has 3 N–H and O–H groups in total. The van der Waals surface area contributed by atoms with Gasteiger partial charge in [0.15, 0.2) is 0 Å². The van der Waals surface area contributed by atoms with E-state index in [-0.39, 0.29) is 35.7 Å². The molecule has 2 rings (SSSR count). The fourth-order valence-corrected chi connectivity index (χ4v) is 3.10. The summed E-state index contributed by atoms with van der Waals surface area (Å²) in [6, 6.07) is 3.39. The maximum atomic E-state index is 13.0. The van der Waals surface area contributed by atoms with Gasteiger partial charge >= 0.3 is 0 Å². The van der Waals surface area contributed by atoms with Crippen molar-refractivity contribution in [2.24, 2.45) is 5.92 Å². The monoisotopic (exact) mass is 375 g/mol. The summed E-state index contributed by atoms with van der Waals surface area (Å²) in [6.07, 6.45) is 2.63. The topological polar surface area (TPSA) is 103 Å². The summed E-state index contributed by atoms with van der Waals surface area (Å²) in [4.78, 5) is 42.2. The number of anilines is 1. The van der Waals surface area contributed by atoms with Crippen LogP contribution in [-0.2, 0) is 20.8 Å². The van der Waals surface area contributed by atoms with Crippen LogP contribution in [0.1, 0.15) is 32.8 Å². The molecule has 3 amide bonds. The molecule has 2 heterocycles. The largest absolute Gasteiger partial charge is 0.354 e. The number of amides is 3. The number of fused-ring (bicyclic) bond motifs is 1. The molecule has 3 atom stereocenters. The molecule has 1 aromatic heterocycles. The van der Waals surface area contributed by atoms with Crippen LogP contribution in [-0.4, -0.2) is 54.9 Å². The van der Waals surface area contributed by atoms with Crippen LogP contribution in [0.15, 0.2) is 18.3 Å². The van der Waals surface area contributed by atoms with Gasteiger partial charge in [-0.05, 0) is 37.9 Å². The van der Waals surface area contributed by atoms with Gasteiger partial charge < -0.3 is 16.0 Å². The Hall–Kier alpha value is -2.48. The maximum Gasteiger partial charge on any atom is 0.236 e. The lowest BCUT2D eigenvalue weighted by Gasteiger charge is -2.26. The molecular formula is C19H29N5O3. The Morgan fingerprint density at radius 3 is 2.70 bits per heavy atom. The van der Waals surface area contributed by atoms with Crippen molar-refractivity contribution in [2.75, 3.05) is 25.0 Å². The van der Waals surface area contributed by atoms with Gasteiger partial charge in [0.1, 0.15) is 5.82 Å². The number of nitrogens with one attached hydrogen (secondary N) is 3. The van der Waals surface area contributed by atoms with Gasteiger partial charge in [0.05, 0.1) is 12.1 Å². The van der Waals surface area contributed by atoms with Gasteiger partial charge in [0, 0.05) is 32.6 Å². The summed E-state index contributed by atoms with van der Waals surface area (Å²) in [6.45, 7) is 5.99. The predicted octanol–water partition coefficient (Wildman–Crippen LogP) is 0.226. The van der Waals surface area contributed by atoms with Gasteiger partial charge in [-0.2, -0.15) is 0 Å². The molecule has 0 aliphatic carbocycles. The van der Waals surface area contributed by atoms with Gasteiger partial charge in [-0.1, -0.05) is 13.0 Å². The summed E-state index contributed by atoms with van der Waals surface area (Å²) in [5.41, 5.74) is 1.00. The molecule has 148 valence electrons. The second kappa shape index (κ2) is 9.45. The highest BCUT2D eigenvalue weighted by atomic mass is 16.2. The Labute approximate surface area is 160 Å². The normalized spacial score (nSPS) is 17.8. The van der Waals surface area contributed by atoms with Crippen LogP contribution < -0.4 is 20.9 Å². The third-order valence-corrected chi connectivity index (χ3v) is 4.75. The zero-order valence-corrected chi connectivity index (χ0v) is 16.4. The van der Waals surface area contributed by atoms with E-state index < -0.39 is 0 Å². The Morgan fingerprint density at radius 2 is 2.04 bits per heavy atom. The quantitative estimate of drug-likeness (QED) is 0.603. The first-order valence-corrected chi connectivity index (χ1v) is 9.28. The molecule has 0 bridgehead atoms. The van der Waals surface area contributed by atoms with Crippen LogP contribution in [0, 0.1) is 5.92 Å². The van der Waals surface area contributed by atoms with Crippen LogP contribution in [0.2, 0.25) is 0 Å². The fourth-order valence-electron chi connectivity index (χ4n) is 3.10. The molecule has 1 unspecified atom stereocenters. The van der Waals surface area contributed by atoms with Crippen molar-refractivity contribution in [1.29, 1.82) is 0 Å². The summed E-state index contributed by atoms with van der Waals surface area (Å²) in [5, 5.41) is 8.53. The second-order valence-electron chi connectivity index (χ2n) is 7.11. The summed E-state index contributed by atoms with van der Waals surface area (Å²) in [7, 11) is 1.73. The summed E-state index contributed by atoms with van der Waals surface area (Å²) < 4.78 is 0. The van der Waals surface area contributed by atoms with E-state index in [1.54, 1.807) is 25.1 Å². The second-order valence-corrected chi connectivity index (χ2v) is 7.11. The molecule has 1 aliphatic rings. The van der Waals surface area contributed by atoms with Crippen molar-refractivity contribution >= 4 is 23.5 Å². The van der Waals surface area contributed by atoms with Gasteiger partial charge in [-0.3, -0.25) is 19.3 Å². The van der Waals surface area contributed by atoms with Gasteiger partial charge in [-0.15, -0.1) is 0 Å². The van der Waals surface area contributed by atoms with E-state index in [1.165, 1.54) is 6.92 Å². The Bertz CT molecular complexity index is 694. The lowest BCUT2D eigenvalue weighted by molar-refractivity contribution is -0.123. The third-order valence-electron chi connectivity index (χ3n) is 4.75. The highest BCUT2D eigenvalue weighted by molar-refractivity contribution is 5.95. The van der Waals surface area contributed by atoms with E-state index in [0.29, 0.717) is 31.7 Å². The first kappa shape index (κ1) is 20.8. The van der Waals surface area contributed by atoms with E-state index in [2.05, 4.69) is 20.9 Å². The van der Waals surface area contributed by atoms with E-state index in [0.717, 1.165) is 5.56 Å². The Balaban J connectivity index is 2.00. The number of likely N-dealkylation sites (N-methyl/N-ethyl adjacent to an activating group) is 1. The van der Waals surface area contributed by atoms with Crippen molar-refractivity contribution in [1.82, 2.24) is 20.9 Å². The molecule has 8 nitrogen and oxygen atoms in total. The number of carbonyl (C=O) groups is 3. The standard InChI is InChI=1S/C19H29N5O3/c1-12(10-23-19(27)13(2)20-4)8-17(26)24-16(11-22-14(3)25)9-15-6-5-7-21-18(15)24/h5-7,12-13,16,20H,8-11H2,1-4H3,(H,22,25)(H,23,27)/t12-,13-,16?/m0/s1. The van der Waals surface area contributed by atoms with Crippen LogP contribution in [0.4, 0.5) is 5.82 Å². The minimum atomic E-state index is -0.274. The molecule has 1 aromatic rings. The highest BCUT2D eigenvalue weighted by Crippen LogP contribution is 2.30. The zero-order chi connectivity index (χ0) is 20.0. The highest BCUT2D eigenvalue weighted by Gasteiger charge is 2.35. The molecule has 27 heavy (non-hydrogen) atoms. The summed E-state index contributed by atoms with van der Waals surface area (Å²) in [5.74, 6) is 0.387. The van der Waals surface area contributed by atoms with Gasteiger partial charge in [0.2, 0.25) is 17.7 Å². The number of carbonyl (C=O) groups excluding carboxylic acids is 3. The minimum absolute atomic E-state index is 0.0142. The molecule has 0 saturated heterocycles. The van der Waals surface area contributed by atoms with Gasteiger partial charge in [-0.25, -0.2) is 4.98 Å². The smallest absolute Gasteiger partial charge is 0.236 e. The fraction of sp³-hybridized carbons (Fsp3) is 0.579. The average Bonchev–Trinajstić information content (AvgIpc) is 3.02. The molecule has 0 spiro atoms. The zero-order valence-electron chi connectivity index (χ0n) is 16.4. The van der Waals surface area contributed by atoms with Crippen molar-refractivity contribution in [3.8, 4) is 0 Å². The van der Waals surface area contributed by atoms with Crippen LogP contribution in [0.5, 0.6) is 0 Å². The van der Waals surface area contributed by atoms with E-state index in [9.17, 15) is 14.4 Å². The van der Waals surface area contributed by atoms with Crippen molar-refractivity contribution in [3.05, 3.63) is 23.9 Å². The molecule has 0 aromatic carbocycles. The Kier molecular flexibility index (Phi) is 7.29. The van der Waals surface area contributed by atoms with Gasteiger partial charge in [0.25, 0.3) is 0 Å². The minimum Gasteiger partial charge on any atom is -0.354 e.